The van der Waals surface area contributed by atoms with Gasteiger partial charge in [-0.2, -0.15) is 0 Å². The topological polar surface area (TPSA) is 39.2 Å². The summed E-state index contributed by atoms with van der Waals surface area (Å²) in [6.07, 6.45) is 7.72. The third-order valence-electron chi connectivity index (χ3n) is 7.16. The molecule has 1 aliphatic carbocycles. The maximum atomic E-state index is 9.67. The first-order valence-electron chi connectivity index (χ1n) is 12.2. The van der Waals surface area contributed by atoms with Crippen molar-refractivity contribution < 1.29 is 9.84 Å². The Morgan fingerprint density at radius 1 is 1.10 bits per heavy atom. The monoisotopic (exact) mass is 417 g/mol. The highest BCUT2D eigenvalue weighted by Crippen LogP contribution is 2.28. The number of hydrogen-bond acceptors (Lipinski definition) is 5. The molecule has 1 aromatic carbocycles. The first kappa shape index (κ1) is 23.5. The highest BCUT2D eigenvalue weighted by molar-refractivity contribution is 5.37. The Hall–Kier alpha value is -1.14. The molecule has 0 spiro atoms. The molecule has 1 saturated heterocycles. The summed E-state index contributed by atoms with van der Waals surface area (Å²) in [6, 6.07) is 7.92. The van der Waals surface area contributed by atoms with Gasteiger partial charge in [-0.05, 0) is 50.0 Å². The van der Waals surface area contributed by atoms with E-state index in [1.165, 1.54) is 43.2 Å². The molecule has 3 rings (SSSR count). The Bertz CT molecular complexity index is 629. The van der Waals surface area contributed by atoms with Crippen LogP contribution in [0.3, 0.4) is 0 Å². The number of aliphatic hydroxyl groups is 1. The van der Waals surface area contributed by atoms with Crippen molar-refractivity contribution in [1.82, 2.24) is 14.7 Å². The molecule has 0 radical (unpaired) electrons. The van der Waals surface area contributed by atoms with Crippen LogP contribution >= 0.6 is 0 Å². The lowest BCUT2D eigenvalue weighted by molar-refractivity contribution is 0.0136. The fraction of sp³-hybridized carbons (Fsp3) is 0.760. The lowest BCUT2D eigenvalue weighted by atomic mass is 9.91. The lowest BCUT2D eigenvalue weighted by Crippen LogP contribution is -2.56. The average Bonchev–Trinajstić information content (AvgIpc) is 2.78. The quantitative estimate of drug-likeness (QED) is 0.628. The van der Waals surface area contributed by atoms with E-state index in [0.717, 1.165) is 64.0 Å². The molecule has 5 heteroatoms. The minimum atomic E-state index is 0.290. The summed E-state index contributed by atoms with van der Waals surface area (Å²) in [7, 11) is 1.77. The fourth-order valence-corrected chi connectivity index (χ4v) is 5.38. The van der Waals surface area contributed by atoms with Crippen molar-refractivity contribution in [3.63, 3.8) is 0 Å². The van der Waals surface area contributed by atoms with Crippen LogP contribution in [0.15, 0.2) is 18.2 Å². The number of ether oxygens (including phenoxy) is 1. The van der Waals surface area contributed by atoms with Gasteiger partial charge in [0.25, 0.3) is 0 Å². The molecular formula is C25H43N3O2. The highest BCUT2D eigenvalue weighted by Gasteiger charge is 2.32. The number of methoxy groups -OCH3 is 1. The van der Waals surface area contributed by atoms with E-state index in [1.54, 1.807) is 7.11 Å². The fourth-order valence-electron chi connectivity index (χ4n) is 5.38. The maximum absolute atomic E-state index is 9.67. The van der Waals surface area contributed by atoms with Crippen LogP contribution in [-0.4, -0.2) is 78.3 Å². The standard InChI is InChI=1S/C25H43N3O2/c1-4-26(5-2)19-22-17-21(11-12-25(22)30-3)18-27-14-15-28(24(20-27)13-16-29)23-9-7-6-8-10-23/h11-12,17,23-24,29H,4-10,13-16,18-20H2,1-3H3/t24-/m0/s1. The maximum Gasteiger partial charge on any atom is 0.123 e. The van der Waals surface area contributed by atoms with Crippen LogP contribution in [0.25, 0.3) is 0 Å². The van der Waals surface area contributed by atoms with Crippen molar-refractivity contribution >= 4 is 0 Å². The van der Waals surface area contributed by atoms with E-state index in [-0.39, 0.29) is 6.61 Å². The van der Waals surface area contributed by atoms with E-state index >= 15 is 0 Å². The van der Waals surface area contributed by atoms with Crippen molar-refractivity contribution in [3.05, 3.63) is 29.3 Å². The molecule has 2 aliphatic rings. The van der Waals surface area contributed by atoms with Gasteiger partial charge in [-0.25, -0.2) is 0 Å². The molecule has 0 unspecified atom stereocenters. The van der Waals surface area contributed by atoms with Gasteiger partial charge in [0.05, 0.1) is 7.11 Å². The second-order valence-corrected chi connectivity index (χ2v) is 9.04. The molecule has 5 nitrogen and oxygen atoms in total. The molecular weight excluding hydrogens is 374 g/mol. The van der Waals surface area contributed by atoms with Crippen LogP contribution < -0.4 is 4.74 Å². The average molecular weight is 418 g/mol. The number of aliphatic hydroxyl groups excluding tert-OH is 1. The van der Waals surface area contributed by atoms with E-state index in [9.17, 15) is 5.11 Å². The normalized spacial score (nSPS) is 22.0. The van der Waals surface area contributed by atoms with Crippen LogP contribution in [0.2, 0.25) is 0 Å². The van der Waals surface area contributed by atoms with E-state index in [1.807, 2.05) is 0 Å². The first-order chi connectivity index (χ1) is 14.7. The molecule has 2 fully saturated rings. The molecule has 30 heavy (non-hydrogen) atoms. The number of nitrogens with zero attached hydrogens (tertiary/aromatic N) is 3. The van der Waals surface area contributed by atoms with E-state index in [2.05, 4.69) is 46.7 Å². The van der Waals surface area contributed by atoms with E-state index in [4.69, 9.17) is 4.74 Å². The summed E-state index contributed by atoms with van der Waals surface area (Å²) < 4.78 is 5.64. The summed E-state index contributed by atoms with van der Waals surface area (Å²) >= 11 is 0. The first-order valence-corrected chi connectivity index (χ1v) is 12.2. The number of piperazine rings is 1. The predicted molar refractivity (Wildman–Crippen MR) is 124 cm³/mol. The van der Waals surface area contributed by atoms with Gasteiger partial charge in [0.15, 0.2) is 0 Å². The van der Waals surface area contributed by atoms with Gasteiger partial charge in [-0.15, -0.1) is 0 Å². The second kappa shape index (κ2) is 12.0. The zero-order valence-corrected chi connectivity index (χ0v) is 19.5. The van der Waals surface area contributed by atoms with Crippen LogP contribution in [0, 0.1) is 0 Å². The van der Waals surface area contributed by atoms with Crippen LogP contribution in [0.1, 0.15) is 63.5 Å². The van der Waals surface area contributed by atoms with Crippen LogP contribution in [0.5, 0.6) is 5.75 Å². The molecule has 1 aliphatic heterocycles. The molecule has 1 heterocycles. The summed E-state index contributed by atoms with van der Waals surface area (Å²) in [6.45, 7) is 12.1. The zero-order valence-electron chi connectivity index (χ0n) is 19.5. The van der Waals surface area contributed by atoms with Crippen molar-refractivity contribution in [2.45, 2.75) is 77.5 Å². The van der Waals surface area contributed by atoms with Crippen LogP contribution in [0.4, 0.5) is 0 Å². The third-order valence-corrected chi connectivity index (χ3v) is 7.16. The summed E-state index contributed by atoms with van der Waals surface area (Å²) in [5.74, 6) is 0.992. The van der Waals surface area contributed by atoms with Crippen LogP contribution in [-0.2, 0) is 13.1 Å². The smallest absolute Gasteiger partial charge is 0.123 e. The largest absolute Gasteiger partial charge is 0.496 e. The lowest BCUT2D eigenvalue weighted by Gasteiger charge is -2.46. The third kappa shape index (κ3) is 6.19. The second-order valence-electron chi connectivity index (χ2n) is 9.04. The van der Waals surface area contributed by atoms with Gasteiger partial charge < -0.3 is 9.84 Å². The molecule has 170 valence electrons. The zero-order chi connectivity index (χ0) is 21.3. The van der Waals surface area contributed by atoms with Gasteiger partial charge in [0.1, 0.15) is 5.75 Å². The van der Waals surface area contributed by atoms with Gasteiger partial charge in [0, 0.05) is 57.0 Å². The Labute approximate surface area is 184 Å². The molecule has 0 bridgehead atoms. The number of hydrogen-bond donors (Lipinski definition) is 1. The Kier molecular flexibility index (Phi) is 9.44. The number of rotatable bonds is 10. The van der Waals surface area contributed by atoms with Gasteiger partial charge >= 0.3 is 0 Å². The Morgan fingerprint density at radius 2 is 1.87 bits per heavy atom. The minimum absolute atomic E-state index is 0.290. The van der Waals surface area contributed by atoms with E-state index in [0.29, 0.717) is 6.04 Å². The van der Waals surface area contributed by atoms with Crippen molar-refractivity contribution in [1.29, 1.82) is 0 Å². The van der Waals surface area contributed by atoms with E-state index < -0.39 is 0 Å². The van der Waals surface area contributed by atoms with Gasteiger partial charge in [0.2, 0.25) is 0 Å². The highest BCUT2D eigenvalue weighted by atomic mass is 16.5. The summed E-state index contributed by atoms with van der Waals surface area (Å²) in [5, 5.41) is 9.67. The minimum Gasteiger partial charge on any atom is -0.496 e. The van der Waals surface area contributed by atoms with Crippen molar-refractivity contribution in [2.24, 2.45) is 0 Å². The predicted octanol–water partition coefficient (Wildman–Crippen LogP) is 3.74. The number of benzene rings is 1. The molecule has 1 atom stereocenters. The van der Waals surface area contributed by atoms with Crippen molar-refractivity contribution in [3.8, 4) is 5.75 Å². The molecule has 0 aromatic heterocycles. The molecule has 1 N–H and O–H groups in total. The van der Waals surface area contributed by atoms with Gasteiger partial charge in [-0.1, -0.05) is 39.2 Å². The van der Waals surface area contributed by atoms with Crippen molar-refractivity contribution in [2.75, 3.05) is 46.4 Å². The summed E-state index contributed by atoms with van der Waals surface area (Å²) in [4.78, 5) is 7.75. The SMILES string of the molecule is CCN(CC)Cc1cc(CN2CCN(C3CCCCC3)[C@@H](CCO)C2)ccc1OC. The Balaban J connectivity index is 1.65. The molecule has 1 aromatic rings. The van der Waals surface area contributed by atoms with Gasteiger partial charge in [-0.3, -0.25) is 14.7 Å². The Morgan fingerprint density at radius 3 is 2.53 bits per heavy atom. The summed E-state index contributed by atoms with van der Waals surface area (Å²) in [5.41, 5.74) is 2.65. The molecule has 1 saturated carbocycles. The molecule has 0 amide bonds.